The Bertz CT molecular complexity index is 549. The summed E-state index contributed by atoms with van der Waals surface area (Å²) in [6, 6.07) is 3.32. The van der Waals surface area contributed by atoms with Gasteiger partial charge in [0, 0.05) is 23.3 Å². The number of carbonyl (C=O) groups is 2. The van der Waals surface area contributed by atoms with E-state index in [1.807, 2.05) is 6.92 Å². The van der Waals surface area contributed by atoms with E-state index in [9.17, 15) is 9.59 Å². The highest BCUT2D eigenvalue weighted by Crippen LogP contribution is 2.11. The summed E-state index contributed by atoms with van der Waals surface area (Å²) in [5.74, 6) is -0.475. The van der Waals surface area contributed by atoms with Gasteiger partial charge >= 0.3 is 0 Å². The molecular formula is C12H10N2O2S. The zero-order valence-electron chi connectivity index (χ0n) is 9.21. The van der Waals surface area contributed by atoms with Crippen LogP contribution in [0.25, 0.3) is 0 Å². The zero-order chi connectivity index (χ0) is 12.3. The molecule has 2 rings (SSSR count). The second-order valence-corrected chi connectivity index (χ2v) is 4.58. The number of rotatable bonds is 4. The Hall–Kier alpha value is -1.88. The molecule has 0 radical (unpaired) electrons. The van der Waals surface area contributed by atoms with Gasteiger partial charge in [-0.15, -0.1) is 11.3 Å². The zero-order valence-corrected chi connectivity index (χ0v) is 10.0. The molecule has 0 aliphatic carbocycles. The minimum atomic E-state index is -0.247. The van der Waals surface area contributed by atoms with Crippen molar-refractivity contribution < 1.29 is 9.59 Å². The maximum Gasteiger partial charge on any atom is 0.189 e. The van der Waals surface area contributed by atoms with Gasteiger partial charge in [-0.3, -0.25) is 14.6 Å². The van der Waals surface area contributed by atoms with Gasteiger partial charge < -0.3 is 0 Å². The van der Waals surface area contributed by atoms with Crippen molar-refractivity contribution in [2.24, 2.45) is 0 Å². The van der Waals surface area contributed by atoms with Gasteiger partial charge in [0.25, 0.3) is 0 Å². The fourth-order valence-electron chi connectivity index (χ4n) is 1.36. The molecule has 0 N–H and O–H groups in total. The highest BCUT2D eigenvalue weighted by atomic mass is 32.1. The smallest absolute Gasteiger partial charge is 0.189 e. The van der Waals surface area contributed by atoms with Gasteiger partial charge in [0.1, 0.15) is 5.69 Å². The number of hydrogen-bond acceptors (Lipinski definition) is 5. The fraction of sp³-hybridized carbons (Fsp3) is 0.167. The summed E-state index contributed by atoms with van der Waals surface area (Å²) in [4.78, 5) is 31.4. The number of thiazole rings is 1. The molecule has 2 aromatic rings. The van der Waals surface area contributed by atoms with Crippen molar-refractivity contribution >= 4 is 22.9 Å². The van der Waals surface area contributed by atoms with Crippen LogP contribution in [0.5, 0.6) is 0 Å². The average molecular weight is 246 g/mol. The minimum absolute atomic E-state index is 0.158. The maximum absolute atomic E-state index is 11.8. The third-order valence-corrected chi connectivity index (χ3v) is 2.98. The van der Waals surface area contributed by atoms with Crippen LogP contribution in [-0.2, 0) is 0 Å². The molecule has 0 amide bonds. The van der Waals surface area contributed by atoms with Crippen molar-refractivity contribution in [2.45, 2.75) is 13.3 Å². The summed E-state index contributed by atoms with van der Waals surface area (Å²) in [7, 11) is 0. The fourth-order valence-corrected chi connectivity index (χ4v) is 1.98. The Morgan fingerprint density at radius 1 is 1.35 bits per heavy atom. The lowest BCUT2D eigenvalue weighted by molar-refractivity contribution is 0.0891. The van der Waals surface area contributed by atoms with Crippen molar-refractivity contribution in [3.05, 3.63) is 46.2 Å². The quantitative estimate of drug-likeness (QED) is 0.613. The number of Topliss-reactive ketones (excluding diaryl/α,β-unsaturated/α-hetero) is 2. The normalized spacial score (nSPS) is 10.2. The molecule has 4 nitrogen and oxygen atoms in total. The number of nitrogens with zero attached hydrogens (tertiary/aromatic N) is 2. The molecule has 0 atom stereocenters. The number of hydrogen-bond donors (Lipinski definition) is 0. The van der Waals surface area contributed by atoms with E-state index in [4.69, 9.17) is 0 Å². The molecule has 0 unspecified atom stereocenters. The van der Waals surface area contributed by atoms with Crippen LogP contribution in [-0.4, -0.2) is 21.5 Å². The standard InChI is InChI=1S/C12H10N2O2S/c1-8-14-10(7-17-8)12(16)5-11(15)9-3-2-4-13-6-9/h2-4,6-7H,5H2,1H3. The largest absolute Gasteiger partial charge is 0.294 e. The van der Waals surface area contributed by atoms with Gasteiger partial charge in [0.05, 0.1) is 11.4 Å². The van der Waals surface area contributed by atoms with Crippen molar-refractivity contribution in [1.29, 1.82) is 0 Å². The van der Waals surface area contributed by atoms with Crippen molar-refractivity contribution in [3.8, 4) is 0 Å². The first kappa shape index (κ1) is 11.6. The Morgan fingerprint density at radius 2 is 2.18 bits per heavy atom. The molecule has 0 spiro atoms. The SMILES string of the molecule is Cc1nc(C(=O)CC(=O)c2cccnc2)cs1. The predicted molar refractivity (Wildman–Crippen MR) is 64.4 cm³/mol. The van der Waals surface area contributed by atoms with Gasteiger partial charge in [-0.1, -0.05) is 0 Å². The summed E-state index contributed by atoms with van der Waals surface area (Å²) in [6.45, 7) is 1.82. The van der Waals surface area contributed by atoms with E-state index >= 15 is 0 Å². The third-order valence-electron chi connectivity index (χ3n) is 2.21. The van der Waals surface area contributed by atoms with E-state index in [1.165, 1.54) is 17.5 Å². The Morgan fingerprint density at radius 3 is 2.76 bits per heavy atom. The van der Waals surface area contributed by atoms with Gasteiger partial charge in [-0.05, 0) is 19.1 Å². The summed E-state index contributed by atoms with van der Waals surface area (Å²) in [5, 5.41) is 2.50. The number of aromatic nitrogens is 2. The second kappa shape index (κ2) is 4.97. The monoisotopic (exact) mass is 246 g/mol. The summed E-state index contributed by atoms with van der Waals surface area (Å²) < 4.78 is 0. The highest BCUT2D eigenvalue weighted by molar-refractivity contribution is 7.09. The molecule has 2 aromatic heterocycles. The van der Waals surface area contributed by atoms with Crippen molar-refractivity contribution in [1.82, 2.24) is 9.97 Å². The van der Waals surface area contributed by atoms with Crippen molar-refractivity contribution in [3.63, 3.8) is 0 Å². The van der Waals surface area contributed by atoms with Crippen LogP contribution in [0.4, 0.5) is 0 Å². The summed E-state index contributed by atoms with van der Waals surface area (Å²) >= 11 is 1.40. The summed E-state index contributed by atoms with van der Waals surface area (Å²) in [6.07, 6.45) is 2.89. The molecular weight excluding hydrogens is 236 g/mol. The van der Waals surface area contributed by atoms with Crippen LogP contribution in [0, 0.1) is 6.92 Å². The lowest BCUT2D eigenvalue weighted by atomic mass is 10.1. The lowest BCUT2D eigenvalue weighted by Crippen LogP contribution is -2.09. The predicted octanol–water partition coefficient (Wildman–Crippen LogP) is 2.30. The Kier molecular flexibility index (Phi) is 3.39. The number of ketones is 2. The van der Waals surface area contributed by atoms with Crippen LogP contribution in [0.3, 0.4) is 0 Å². The topological polar surface area (TPSA) is 59.9 Å². The molecule has 0 bridgehead atoms. The van der Waals surface area contributed by atoms with Crippen LogP contribution in [0.15, 0.2) is 29.9 Å². The molecule has 0 aliphatic rings. The number of aryl methyl sites for hydroxylation is 1. The van der Waals surface area contributed by atoms with Crippen LogP contribution >= 0.6 is 11.3 Å². The first-order valence-corrected chi connectivity index (χ1v) is 5.93. The second-order valence-electron chi connectivity index (χ2n) is 3.52. The first-order chi connectivity index (χ1) is 8.16. The van der Waals surface area contributed by atoms with Gasteiger partial charge in [0.2, 0.25) is 0 Å². The average Bonchev–Trinajstić information content (AvgIpc) is 2.77. The Balaban J connectivity index is 2.07. The minimum Gasteiger partial charge on any atom is -0.294 e. The molecule has 0 saturated heterocycles. The first-order valence-electron chi connectivity index (χ1n) is 5.05. The van der Waals surface area contributed by atoms with Crippen molar-refractivity contribution in [2.75, 3.05) is 0 Å². The maximum atomic E-state index is 11.8. The molecule has 0 aliphatic heterocycles. The van der Waals surface area contributed by atoms with E-state index in [2.05, 4.69) is 9.97 Å². The molecule has 0 fully saturated rings. The lowest BCUT2D eigenvalue weighted by Gasteiger charge is -1.97. The number of carbonyl (C=O) groups excluding carboxylic acids is 2. The molecule has 0 saturated carbocycles. The van der Waals surface area contributed by atoms with E-state index < -0.39 is 0 Å². The Labute approximate surface area is 102 Å². The molecule has 5 heteroatoms. The van der Waals surface area contributed by atoms with E-state index in [1.54, 1.807) is 23.7 Å². The third kappa shape index (κ3) is 2.82. The summed E-state index contributed by atoms with van der Waals surface area (Å²) in [5.41, 5.74) is 0.817. The molecule has 86 valence electrons. The van der Waals surface area contributed by atoms with Gasteiger partial charge in [-0.25, -0.2) is 4.98 Å². The van der Waals surface area contributed by atoms with Gasteiger partial charge in [0.15, 0.2) is 11.6 Å². The van der Waals surface area contributed by atoms with Crippen LogP contribution in [0.2, 0.25) is 0 Å². The van der Waals surface area contributed by atoms with Crippen LogP contribution in [0.1, 0.15) is 32.3 Å². The molecule has 17 heavy (non-hydrogen) atoms. The number of pyridine rings is 1. The van der Waals surface area contributed by atoms with Gasteiger partial charge in [-0.2, -0.15) is 0 Å². The van der Waals surface area contributed by atoms with E-state index in [0.29, 0.717) is 11.3 Å². The highest BCUT2D eigenvalue weighted by Gasteiger charge is 2.15. The molecule has 0 aromatic carbocycles. The molecule has 2 heterocycles. The van der Waals surface area contributed by atoms with E-state index in [0.717, 1.165) is 5.01 Å². The van der Waals surface area contributed by atoms with Crippen LogP contribution < -0.4 is 0 Å². The van der Waals surface area contributed by atoms with E-state index in [-0.39, 0.29) is 18.0 Å².